The van der Waals surface area contributed by atoms with E-state index in [4.69, 9.17) is 0 Å². The first-order chi connectivity index (χ1) is 14.4. The normalized spacial score (nSPS) is 14.9. The molecule has 30 heavy (non-hydrogen) atoms. The van der Waals surface area contributed by atoms with Crippen molar-refractivity contribution < 1.29 is 13.2 Å². The van der Waals surface area contributed by atoms with E-state index in [1.807, 2.05) is 37.3 Å². The van der Waals surface area contributed by atoms with Crippen LogP contribution in [-0.2, 0) is 10.0 Å². The van der Waals surface area contributed by atoms with Crippen LogP contribution in [0.3, 0.4) is 0 Å². The summed E-state index contributed by atoms with van der Waals surface area (Å²) in [5.41, 5.74) is 3.34. The predicted molar refractivity (Wildman–Crippen MR) is 119 cm³/mol. The predicted octanol–water partition coefficient (Wildman–Crippen LogP) is 4.54. The summed E-state index contributed by atoms with van der Waals surface area (Å²) < 4.78 is 27.5. The Hall–Kier alpha value is -3.38. The lowest BCUT2D eigenvalue weighted by atomic mass is 9.99. The van der Waals surface area contributed by atoms with Crippen LogP contribution in [0.25, 0.3) is 11.1 Å². The molecular formula is C24H22N2O3S. The molecule has 3 aromatic carbocycles. The fourth-order valence-electron chi connectivity index (χ4n) is 3.69. The van der Waals surface area contributed by atoms with Crippen molar-refractivity contribution in [3.63, 3.8) is 0 Å². The van der Waals surface area contributed by atoms with Gasteiger partial charge in [0.05, 0.1) is 23.2 Å². The van der Waals surface area contributed by atoms with Gasteiger partial charge in [-0.2, -0.15) is 0 Å². The van der Waals surface area contributed by atoms with Gasteiger partial charge in [-0.05, 0) is 36.8 Å². The van der Waals surface area contributed by atoms with Crippen LogP contribution in [0.1, 0.15) is 28.9 Å². The number of anilines is 1. The monoisotopic (exact) mass is 418 g/mol. The summed E-state index contributed by atoms with van der Waals surface area (Å²) in [7, 11) is -3.68. The average Bonchev–Trinajstić information content (AvgIpc) is 2.77. The molecule has 0 spiro atoms. The Morgan fingerprint density at radius 1 is 1.03 bits per heavy atom. The highest BCUT2D eigenvalue weighted by atomic mass is 32.2. The van der Waals surface area contributed by atoms with Crippen LogP contribution in [0.2, 0.25) is 0 Å². The maximum absolute atomic E-state index is 13.1. The van der Waals surface area contributed by atoms with Gasteiger partial charge in [-0.25, -0.2) is 8.42 Å². The van der Waals surface area contributed by atoms with Crippen LogP contribution in [0.5, 0.6) is 0 Å². The van der Waals surface area contributed by atoms with E-state index in [-0.39, 0.29) is 23.4 Å². The van der Waals surface area contributed by atoms with Gasteiger partial charge >= 0.3 is 0 Å². The Morgan fingerprint density at radius 3 is 2.47 bits per heavy atom. The zero-order valence-corrected chi connectivity index (χ0v) is 17.4. The highest BCUT2D eigenvalue weighted by molar-refractivity contribution is 7.93. The summed E-state index contributed by atoms with van der Waals surface area (Å²) in [6, 6.07) is 21.5. The molecule has 4 rings (SSSR count). The Bertz CT molecular complexity index is 1220. The summed E-state index contributed by atoms with van der Waals surface area (Å²) in [6.45, 7) is 5.77. The second-order valence-electron chi connectivity index (χ2n) is 7.16. The Balaban J connectivity index is 1.74. The molecule has 1 amide bonds. The van der Waals surface area contributed by atoms with E-state index in [1.54, 1.807) is 48.5 Å². The third kappa shape index (κ3) is 3.39. The van der Waals surface area contributed by atoms with Crippen LogP contribution in [-0.4, -0.2) is 20.9 Å². The fourth-order valence-corrected chi connectivity index (χ4v) is 5.36. The molecule has 0 radical (unpaired) electrons. The molecule has 1 aliphatic heterocycles. The first kappa shape index (κ1) is 19.9. The van der Waals surface area contributed by atoms with Crippen molar-refractivity contribution in [3.8, 4) is 11.1 Å². The number of rotatable bonds is 5. The Morgan fingerprint density at radius 2 is 1.73 bits per heavy atom. The molecule has 1 N–H and O–H groups in total. The van der Waals surface area contributed by atoms with E-state index in [2.05, 4.69) is 11.9 Å². The molecule has 0 aromatic heterocycles. The van der Waals surface area contributed by atoms with E-state index in [0.29, 0.717) is 22.4 Å². The van der Waals surface area contributed by atoms with Crippen LogP contribution < -0.4 is 9.62 Å². The average molecular weight is 419 g/mol. The number of nitrogens with zero attached hydrogens (tertiary/aromatic N) is 1. The molecule has 0 aliphatic carbocycles. The first-order valence-electron chi connectivity index (χ1n) is 9.66. The lowest BCUT2D eigenvalue weighted by molar-refractivity contribution is 0.0940. The van der Waals surface area contributed by atoms with Crippen molar-refractivity contribution >= 4 is 21.6 Å². The van der Waals surface area contributed by atoms with Gasteiger partial charge in [0.15, 0.2) is 0 Å². The van der Waals surface area contributed by atoms with Crippen molar-refractivity contribution in [2.75, 3.05) is 10.8 Å². The second kappa shape index (κ2) is 7.80. The Labute approximate surface area is 176 Å². The summed E-state index contributed by atoms with van der Waals surface area (Å²) in [6.07, 6.45) is 1.55. The fraction of sp³-hybridized carbons (Fsp3) is 0.125. The third-order valence-corrected chi connectivity index (χ3v) is 7.05. The van der Waals surface area contributed by atoms with Crippen molar-refractivity contribution in [1.29, 1.82) is 0 Å². The van der Waals surface area contributed by atoms with Gasteiger partial charge in [-0.15, -0.1) is 6.58 Å². The maximum Gasteiger partial charge on any atom is 0.265 e. The van der Waals surface area contributed by atoms with Crippen molar-refractivity contribution in [1.82, 2.24) is 5.32 Å². The molecule has 3 aromatic rings. The number of carbonyl (C=O) groups excluding carboxylic acids is 1. The molecule has 6 heteroatoms. The smallest absolute Gasteiger partial charge is 0.265 e. The third-order valence-electron chi connectivity index (χ3n) is 5.21. The van der Waals surface area contributed by atoms with Gasteiger partial charge in [0.1, 0.15) is 0 Å². The van der Waals surface area contributed by atoms with Crippen LogP contribution in [0.15, 0.2) is 90.3 Å². The number of carbonyl (C=O) groups is 1. The molecule has 0 saturated carbocycles. The van der Waals surface area contributed by atoms with E-state index < -0.39 is 10.0 Å². The molecule has 0 saturated heterocycles. The first-order valence-corrected chi connectivity index (χ1v) is 11.1. The lowest BCUT2D eigenvalue weighted by Crippen LogP contribution is -2.34. The van der Waals surface area contributed by atoms with Gasteiger partial charge in [0.25, 0.3) is 15.9 Å². The van der Waals surface area contributed by atoms with Gasteiger partial charge < -0.3 is 5.32 Å². The minimum Gasteiger partial charge on any atom is -0.346 e. The zero-order chi connectivity index (χ0) is 21.3. The maximum atomic E-state index is 13.1. The summed E-state index contributed by atoms with van der Waals surface area (Å²) in [4.78, 5) is 13.1. The van der Waals surface area contributed by atoms with Gasteiger partial charge in [0, 0.05) is 16.7 Å². The van der Waals surface area contributed by atoms with Crippen molar-refractivity contribution in [3.05, 3.63) is 96.6 Å². The number of hydrogen-bond acceptors (Lipinski definition) is 3. The highest BCUT2D eigenvalue weighted by Crippen LogP contribution is 2.43. The van der Waals surface area contributed by atoms with Crippen LogP contribution in [0, 0.1) is 0 Å². The number of fused-ring (bicyclic) bond motifs is 3. The summed E-state index contributed by atoms with van der Waals surface area (Å²) in [5.74, 6) is -0.213. The van der Waals surface area contributed by atoms with E-state index in [9.17, 15) is 13.2 Å². The summed E-state index contributed by atoms with van der Waals surface area (Å²) >= 11 is 0. The molecular weight excluding hydrogens is 396 g/mol. The molecule has 1 unspecified atom stereocenters. The minimum atomic E-state index is -3.68. The number of benzene rings is 3. The van der Waals surface area contributed by atoms with Gasteiger partial charge in [-0.1, -0.05) is 54.6 Å². The van der Waals surface area contributed by atoms with E-state index in [1.165, 1.54) is 4.31 Å². The quantitative estimate of drug-likeness (QED) is 0.619. The van der Waals surface area contributed by atoms with Gasteiger partial charge in [-0.3, -0.25) is 9.10 Å². The summed E-state index contributed by atoms with van der Waals surface area (Å²) in [5, 5.41) is 3.01. The molecule has 0 bridgehead atoms. The number of amides is 1. The van der Waals surface area contributed by atoms with Crippen LogP contribution in [0.4, 0.5) is 5.69 Å². The Kier molecular flexibility index (Phi) is 5.18. The zero-order valence-electron chi connectivity index (χ0n) is 16.6. The molecule has 1 aliphatic rings. The van der Waals surface area contributed by atoms with Crippen molar-refractivity contribution in [2.24, 2.45) is 0 Å². The SMILES string of the molecule is C=CCN1c2ccc(C(=O)NC(C)c3ccccc3)cc2-c2ccccc2S1(=O)=O. The minimum absolute atomic E-state index is 0.153. The largest absolute Gasteiger partial charge is 0.346 e. The molecule has 152 valence electrons. The molecule has 1 atom stereocenters. The molecule has 0 fully saturated rings. The number of nitrogens with one attached hydrogen (secondary N) is 1. The van der Waals surface area contributed by atoms with Crippen LogP contribution >= 0.6 is 0 Å². The standard InChI is InChI=1S/C24H22N2O3S/c1-3-15-26-22-14-13-19(24(27)25-17(2)18-9-5-4-6-10-18)16-21(22)20-11-7-8-12-23(20)30(26,28)29/h3-14,16-17H,1,15H2,2H3,(H,25,27). The second-order valence-corrected chi connectivity index (χ2v) is 8.99. The van der Waals surface area contributed by atoms with Crippen molar-refractivity contribution in [2.45, 2.75) is 17.9 Å². The highest BCUT2D eigenvalue weighted by Gasteiger charge is 2.34. The lowest BCUT2D eigenvalue weighted by Gasteiger charge is -2.31. The van der Waals surface area contributed by atoms with E-state index >= 15 is 0 Å². The number of sulfonamides is 1. The molecule has 5 nitrogen and oxygen atoms in total. The van der Waals surface area contributed by atoms with Gasteiger partial charge in [0.2, 0.25) is 0 Å². The molecule has 1 heterocycles. The topological polar surface area (TPSA) is 66.5 Å². The number of hydrogen-bond donors (Lipinski definition) is 1. The van der Waals surface area contributed by atoms with E-state index in [0.717, 1.165) is 5.56 Å².